The van der Waals surface area contributed by atoms with Crippen LogP contribution >= 0.6 is 6.57 Å². The number of ether oxygens (including phenoxy) is 3. The van der Waals surface area contributed by atoms with Crippen molar-refractivity contribution in [2.45, 2.75) is 83.1 Å². The first-order valence-electron chi connectivity index (χ1n) is 12.7. The second-order valence-electron chi connectivity index (χ2n) is 10.1. The van der Waals surface area contributed by atoms with E-state index < -0.39 is 103 Å². The monoisotopic (exact) mass is 661 g/mol. The van der Waals surface area contributed by atoms with E-state index in [1.165, 1.54) is 6.92 Å². The van der Waals surface area contributed by atoms with Crippen molar-refractivity contribution in [2.24, 2.45) is 0 Å². The van der Waals surface area contributed by atoms with Gasteiger partial charge in [-0.2, -0.15) is 13.8 Å². The summed E-state index contributed by atoms with van der Waals surface area (Å²) in [6, 6.07) is -1.22. The fourth-order valence-corrected chi connectivity index (χ4v) is 6.37. The quantitative estimate of drug-likeness (QED) is 0.115. The Morgan fingerprint density at radius 2 is 1.88 bits per heavy atom. The Labute approximate surface area is 247 Å². The van der Waals surface area contributed by atoms with E-state index in [-0.39, 0.29) is 0 Å². The van der Waals surface area contributed by atoms with E-state index in [0.29, 0.717) is 10.9 Å². The number of rotatable bonds is 13. The van der Waals surface area contributed by atoms with Crippen molar-refractivity contribution in [2.75, 3.05) is 18.9 Å². The van der Waals surface area contributed by atoms with Crippen LogP contribution in [0, 0.1) is 0 Å². The number of aliphatic hydroxyl groups excluding tert-OH is 1. The number of carbonyl (C=O) groups excluding carboxylic acids is 2. The molecule has 1 unspecified atom stereocenters. The lowest BCUT2D eigenvalue weighted by molar-refractivity contribution is -0.190. The normalized spacial score (nSPS) is 24.0. The number of H-pyrrole nitrogens is 1. The Morgan fingerprint density at radius 1 is 1.26 bits per heavy atom. The molecule has 0 radical (unpaired) electrons. The molecule has 242 valence electrons. The molecule has 0 saturated carbocycles. The minimum atomic E-state index is -4.43. The summed E-state index contributed by atoms with van der Waals surface area (Å²) < 4.78 is 81.3. The van der Waals surface area contributed by atoms with E-state index in [1.807, 2.05) is 0 Å². The zero-order valence-electron chi connectivity index (χ0n) is 23.5. The first kappa shape index (κ1) is 34.7. The van der Waals surface area contributed by atoms with Gasteiger partial charge in [0.1, 0.15) is 12.6 Å². The fourth-order valence-electron chi connectivity index (χ4n) is 3.95. The van der Waals surface area contributed by atoms with Crippen LogP contribution in [0.3, 0.4) is 0 Å². The van der Waals surface area contributed by atoms with E-state index in [4.69, 9.17) is 36.3 Å². The van der Waals surface area contributed by atoms with E-state index in [9.17, 15) is 28.3 Å². The van der Waals surface area contributed by atoms with Crippen LogP contribution in [0.2, 0.25) is 0 Å². The summed E-state index contributed by atoms with van der Waals surface area (Å²) in [4.78, 5) is 46.2. The number of nitrogens with zero attached hydrogens (tertiary/aromatic N) is 3. The molecule has 2 aromatic heterocycles. The van der Waals surface area contributed by atoms with Crippen molar-refractivity contribution in [3.05, 3.63) is 16.7 Å². The molecule has 3 heterocycles. The van der Waals surface area contributed by atoms with Gasteiger partial charge in [-0.3, -0.25) is 23.9 Å². The van der Waals surface area contributed by atoms with E-state index in [0.717, 1.165) is 0 Å². The summed E-state index contributed by atoms with van der Waals surface area (Å²) in [5.41, 5.74) is 0.205. The van der Waals surface area contributed by atoms with E-state index in [2.05, 4.69) is 25.1 Å². The van der Waals surface area contributed by atoms with Crippen molar-refractivity contribution >= 4 is 47.4 Å². The van der Waals surface area contributed by atoms with Crippen LogP contribution in [-0.2, 0) is 40.1 Å². The van der Waals surface area contributed by atoms with E-state index >= 15 is 8.78 Å². The number of nitrogens with one attached hydrogen (secondary N) is 3. The molecule has 6 N–H and O–H groups in total. The predicted octanol–water partition coefficient (Wildman–Crippen LogP) is 0.943. The number of esters is 2. The second-order valence-corrected chi connectivity index (χ2v) is 13.6. The third-order valence-corrected chi connectivity index (χ3v) is 8.71. The molecule has 21 heteroatoms. The molecular formula is C22H32F4N7O8PS. The molecule has 0 bridgehead atoms. The number of aliphatic hydroxyl groups is 1. The third-order valence-electron chi connectivity index (χ3n) is 5.90. The third kappa shape index (κ3) is 7.50. The van der Waals surface area contributed by atoms with Crippen molar-refractivity contribution in [3.63, 3.8) is 0 Å². The number of hydrogen-bond acceptors (Lipinski definition) is 12. The predicted molar refractivity (Wildman–Crippen MR) is 146 cm³/mol. The summed E-state index contributed by atoms with van der Waals surface area (Å²) in [6.07, 6.45) is -10.0. The molecule has 0 spiro atoms. The van der Waals surface area contributed by atoms with Gasteiger partial charge >= 0.3 is 17.9 Å². The number of aromatic nitrogens is 4. The first-order chi connectivity index (χ1) is 19.8. The number of hydrogen-bond donors (Lipinski definition) is 5. The number of nitrogen functional groups attached to an aromatic ring is 1. The van der Waals surface area contributed by atoms with Gasteiger partial charge in [-0.1, -0.05) is 0 Å². The minimum Gasteiger partial charge on any atom is -0.462 e. The maximum Gasteiger partial charge on any atom is 0.323 e. The van der Waals surface area contributed by atoms with Crippen molar-refractivity contribution < 1.29 is 51.0 Å². The zero-order chi connectivity index (χ0) is 32.5. The molecule has 43 heavy (non-hydrogen) atoms. The molecule has 15 nitrogen and oxygen atoms in total. The lowest BCUT2D eigenvalue weighted by Crippen LogP contribution is -2.54. The number of imidazole rings is 1. The Bertz CT molecular complexity index is 1440. The van der Waals surface area contributed by atoms with Crippen LogP contribution < -0.4 is 21.5 Å². The molecule has 5 atom stereocenters. The Balaban J connectivity index is 1.95. The summed E-state index contributed by atoms with van der Waals surface area (Å²) in [6.45, 7) is 1.57. The SMILES string of the molecule is CC(C)OC(=O)CNP(=S)(N[C@@H](C)C(=O)OC(C)C)OC[C@@]1(C(F)F)O[C@@H](n2cnc3c(=O)[nH]c(N)nc32)C(F)(F)[C@@H]1O. The molecule has 1 aliphatic rings. The van der Waals surface area contributed by atoms with Gasteiger partial charge in [-0.05, 0) is 46.4 Å². The Morgan fingerprint density at radius 3 is 2.47 bits per heavy atom. The molecular weight excluding hydrogens is 629 g/mol. The molecule has 0 aromatic carbocycles. The number of fused-ring (bicyclic) bond motifs is 1. The van der Waals surface area contributed by atoms with Gasteiger partial charge in [-0.15, -0.1) is 0 Å². The van der Waals surface area contributed by atoms with Crippen LogP contribution in [0.5, 0.6) is 0 Å². The average molecular weight is 662 g/mol. The molecule has 0 amide bonds. The largest absolute Gasteiger partial charge is 0.462 e. The summed E-state index contributed by atoms with van der Waals surface area (Å²) in [5, 5.41) is 15.6. The maximum atomic E-state index is 15.5. The molecule has 3 rings (SSSR count). The molecule has 1 fully saturated rings. The van der Waals surface area contributed by atoms with Crippen molar-refractivity contribution in [1.82, 2.24) is 29.7 Å². The molecule has 0 aliphatic carbocycles. The van der Waals surface area contributed by atoms with Gasteiger partial charge in [0.15, 0.2) is 29.4 Å². The van der Waals surface area contributed by atoms with Gasteiger partial charge < -0.3 is 29.6 Å². The highest BCUT2D eigenvalue weighted by Crippen LogP contribution is 2.52. The molecule has 1 aliphatic heterocycles. The lowest BCUT2D eigenvalue weighted by Gasteiger charge is -2.34. The van der Waals surface area contributed by atoms with Crippen LogP contribution in [0.25, 0.3) is 11.2 Å². The maximum absolute atomic E-state index is 15.5. The van der Waals surface area contributed by atoms with Gasteiger partial charge in [0.2, 0.25) is 12.2 Å². The second kappa shape index (κ2) is 13.1. The van der Waals surface area contributed by atoms with E-state index in [1.54, 1.807) is 27.7 Å². The zero-order valence-corrected chi connectivity index (χ0v) is 25.3. The smallest absolute Gasteiger partial charge is 0.323 e. The molecule has 1 saturated heterocycles. The highest BCUT2D eigenvalue weighted by molar-refractivity contribution is 8.10. The van der Waals surface area contributed by atoms with Crippen LogP contribution in [0.15, 0.2) is 11.1 Å². The fraction of sp³-hybridized carbons (Fsp3) is 0.682. The summed E-state index contributed by atoms with van der Waals surface area (Å²) in [7, 11) is 0. The number of carbonyl (C=O) groups is 2. The number of anilines is 1. The summed E-state index contributed by atoms with van der Waals surface area (Å²) >= 11 is 5.41. The van der Waals surface area contributed by atoms with Gasteiger partial charge in [0.05, 0.1) is 25.1 Å². The number of alkyl halides is 4. The number of aromatic amines is 1. The van der Waals surface area contributed by atoms with Gasteiger partial charge in [0.25, 0.3) is 12.0 Å². The van der Waals surface area contributed by atoms with Crippen LogP contribution in [-0.4, -0.2) is 92.0 Å². The summed E-state index contributed by atoms with van der Waals surface area (Å²) in [5.74, 6) is -6.55. The van der Waals surface area contributed by atoms with Gasteiger partial charge in [0, 0.05) is 0 Å². The van der Waals surface area contributed by atoms with Crippen LogP contribution in [0.1, 0.15) is 40.8 Å². The van der Waals surface area contributed by atoms with Crippen molar-refractivity contribution in [1.29, 1.82) is 0 Å². The number of halogens is 4. The Kier molecular flexibility index (Phi) is 10.6. The Hall–Kier alpha value is -2.74. The number of nitrogens with two attached hydrogens (primary N) is 1. The highest BCUT2D eigenvalue weighted by Gasteiger charge is 2.71. The lowest BCUT2D eigenvalue weighted by atomic mass is 9.96. The molecule has 2 aromatic rings. The minimum absolute atomic E-state index is 0.451. The standard InChI is InChI=1S/C22H32F4N7O8PS/c1-9(2)39-12(34)6-29-42(43,32-11(5)16(36)40-10(3)4)38-7-21(18(23)24)17(37)22(25,26)19(41-21)33-8-28-13-14(33)30-20(27)31-15(13)35/h8-11,17-19,37H,6-7H2,1-5H3,(H2,29,32,43)(H3,27,30,31,35)/t11-,17+,19+,21+,42?/m0/s1. The highest BCUT2D eigenvalue weighted by atomic mass is 32.4. The first-order valence-corrected chi connectivity index (χ1v) is 15.5. The van der Waals surface area contributed by atoms with Crippen LogP contribution in [0.4, 0.5) is 23.5 Å². The van der Waals surface area contributed by atoms with Gasteiger partial charge in [-0.25, -0.2) is 23.9 Å². The van der Waals surface area contributed by atoms with Crippen molar-refractivity contribution in [3.8, 4) is 0 Å². The topological polar surface area (TPSA) is 205 Å². The average Bonchev–Trinajstić information content (AvgIpc) is 3.38.